The number of carbonyl (C=O) groups excluding carboxylic acids is 1. The van der Waals surface area contributed by atoms with Gasteiger partial charge in [0.25, 0.3) is 0 Å². The predicted molar refractivity (Wildman–Crippen MR) is 100 cm³/mol. The summed E-state index contributed by atoms with van der Waals surface area (Å²) in [7, 11) is -0.536. The monoisotopic (exact) mass is 370 g/mol. The van der Waals surface area contributed by atoms with E-state index in [1.165, 1.54) is 11.3 Å². The summed E-state index contributed by atoms with van der Waals surface area (Å²) in [5.74, 6) is -0.0826. The number of ether oxygens (including phenoxy) is 1. The molecule has 0 spiro atoms. The number of nitrogen functional groups attached to an aromatic ring is 1. The van der Waals surface area contributed by atoms with Gasteiger partial charge in [0.05, 0.1) is 22.7 Å². The first-order valence-corrected chi connectivity index (χ1v) is 9.16. The minimum absolute atomic E-state index is 0.204. The molecule has 0 radical (unpaired) electrons. The van der Waals surface area contributed by atoms with Crippen molar-refractivity contribution in [3.05, 3.63) is 16.0 Å². The van der Waals surface area contributed by atoms with Crippen molar-refractivity contribution in [3.63, 3.8) is 0 Å². The molecule has 132 valence electrons. The smallest absolute Gasteiger partial charge is 0.461 e. The Morgan fingerprint density at radius 1 is 1.38 bits per heavy atom. The summed E-state index contributed by atoms with van der Waals surface area (Å²) in [4.78, 5) is 16.7. The second-order valence-corrected chi connectivity index (χ2v) is 7.83. The van der Waals surface area contributed by atoms with Crippen LogP contribution in [0.1, 0.15) is 50.0 Å². The maximum absolute atomic E-state index is 12.0. The molecule has 2 rings (SSSR count). The van der Waals surface area contributed by atoms with Crippen molar-refractivity contribution in [1.82, 2.24) is 4.98 Å². The fourth-order valence-electron chi connectivity index (χ4n) is 2.14. The Morgan fingerprint density at radius 3 is 2.46 bits per heavy atom. The van der Waals surface area contributed by atoms with E-state index in [1.807, 2.05) is 27.7 Å². The minimum atomic E-state index is -0.536. The fraction of sp³-hybridized carbons (Fsp3) is 0.600. The number of hydrogen-bond donors (Lipinski definition) is 2. The number of thiazole rings is 1. The molecule has 9 heteroatoms. The van der Waals surface area contributed by atoms with E-state index in [4.69, 9.17) is 19.8 Å². The van der Waals surface area contributed by atoms with Gasteiger partial charge in [-0.25, -0.2) is 9.78 Å². The molecule has 1 aromatic heterocycles. The first-order valence-electron chi connectivity index (χ1n) is 7.71. The molecule has 0 bridgehead atoms. The number of rotatable bonds is 5. The number of aromatic nitrogens is 1. The molecule has 6 nitrogen and oxygen atoms in total. The van der Waals surface area contributed by atoms with Crippen molar-refractivity contribution in [2.45, 2.75) is 45.8 Å². The van der Waals surface area contributed by atoms with Crippen LogP contribution in [0.4, 0.5) is 5.13 Å². The Bertz CT molecular complexity index is 642. The normalized spacial score (nSPS) is 19.6. The zero-order valence-corrected chi connectivity index (χ0v) is 16.3. The molecule has 1 aliphatic rings. The minimum Gasteiger partial charge on any atom is -0.461 e. The molecule has 0 aliphatic carbocycles. The van der Waals surface area contributed by atoms with Gasteiger partial charge >= 0.3 is 13.1 Å². The lowest BCUT2D eigenvalue weighted by Gasteiger charge is -2.32. The number of nitrogens with two attached hydrogens (primary N) is 1. The van der Waals surface area contributed by atoms with Crippen LogP contribution in [0, 0.1) is 0 Å². The number of nitrogens with zero attached hydrogens (tertiary/aromatic N) is 1. The summed E-state index contributed by atoms with van der Waals surface area (Å²) in [6.45, 7) is 9.95. The van der Waals surface area contributed by atoms with Crippen LogP contribution in [-0.2, 0) is 14.0 Å². The Hall–Kier alpha value is -1.03. The molecular weight excluding hydrogens is 347 g/mol. The van der Waals surface area contributed by atoms with Gasteiger partial charge < -0.3 is 19.8 Å². The third-order valence-corrected chi connectivity index (χ3v) is 5.39. The second-order valence-electron chi connectivity index (χ2n) is 6.45. The molecule has 0 aromatic carbocycles. The van der Waals surface area contributed by atoms with Crippen molar-refractivity contribution >= 4 is 48.3 Å². The highest BCUT2D eigenvalue weighted by Gasteiger charge is 2.52. The molecular formula is C15H23BN2O4S2. The third kappa shape index (κ3) is 3.79. The van der Waals surface area contributed by atoms with E-state index in [9.17, 15) is 4.79 Å². The van der Waals surface area contributed by atoms with Crippen molar-refractivity contribution in [2.75, 3.05) is 18.1 Å². The largest absolute Gasteiger partial charge is 0.491 e. The van der Waals surface area contributed by atoms with Crippen LogP contribution in [-0.4, -0.2) is 41.6 Å². The van der Waals surface area contributed by atoms with E-state index in [1.54, 1.807) is 13.0 Å². The van der Waals surface area contributed by atoms with Crippen LogP contribution in [0.15, 0.2) is 5.47 Å². The molecule has 0 unspecified atom stereocenters. The molecule has 1 aliphatic heterocycles. The van der Waals surface area contributed by atoms with E-state index >= 15 is 0 Å². The summed E-state index contributed by atoms with van der Waals surface area (Å²) < 4.78 is 17.1. The fourth-order valence-corrected chi connectivity index (χ4v) is 3.18. The topological polar surface area (TPSA) is 83.7 Å². The second kappa shape index (κ2) is 7.07. The third-order valence-electron chi connectivity index (χ3n) is 4.19. The van der Waals surface area contributed by atoms with Crippen molar-refractivity contribution in [2.24, 2.45) is 0 Å². The highest BCUT2D eigenvalue weighted by Crippen LogP contribution is 2.39. The van der Waals surface area contributed by atoms with Crippen molar-refractivity contribution in [1.29, 1.82) is 0 Å². The summed E-state index contributed by atoms with van der Waals surface area (Å²) in [6, 6.07) is 0. The van der Waals surface area contributed by atoms with E-state index in [0.717, 1.165) is 5.47 Å². The van der Waals surface area contributed by atoms with Crippen LogP contribution >= 0.6 is 24.0 Å². The highest BCUT2D eigenvalue weighted by molar-refractivity contribution is 7.80. The lowest BCUT2D eigenvalue weighted by molar-refractivity contribution is 0.00578. The van der Waals surface area contributed by atoms with E-state index in [-0.39, 0.29) is 12.3 Å². The van der Waals surface area contributed by atoms with Gasteiger partial charge in [0.15, 0.2) is 10.8 Å². The van der Waals surface area contributed by atoms with Crippen LogP contribution in [0.5, 0.6) is 0 Å². The summed E-state index contributed by atoms with van der Waals surface area (Å²) in [5, 5.41) is 0.303. The van der Waals surface area contributed by atoms with E-state index in [0.29, 0.717) is 15.8 Å². The summed E-state index contributed by atoms with van der Waals surface area (Å²) >= 11 is 5.59. The lowest BCUT2D eigenvalue weighted by Crippen LogP contribution is -2.41. The van der Waals surface area contributed by atoms with Crippen LogP contribution in [0.25, 0.3) is 6.08 Å². The Morgan fingerprint density at radius 2 is 1.96 bits per heavy atom. The molecule has 24 heavy (non-hydrogen) atoms. The van der Waals surface area contributed by atoms with E-state index < -0.39 is 24.3 Å². The highest BCUT2D eigenvalue weighted by atomic mass is 32.1. The first kappa shape index (κ1) is 19.3. The number of esters is 1. The average Bonchev–Trinajstić information content (AvgIpc) is 2.93. The standard InChI is InChI=1S/C15H23BN2O4S2/c1-6-20-12(19)11-10(24-13(17)18-11)7-9(8-23)16-21-14(2,3)15(4,5)22-16/h7,23H,6,8H2,1-5H3,(H2,17,18). The number of carbonyl (C=O) groups is 1. The molecule has 1 fully saturated rings. The maximum Gasteiger partial charge on any atom is 0.491 e. The quantitative estimate of drug-likeness (QED) is 0.471. The number of hydrogen-bond acceptors (Lipinski definition) is 8. The van der Waals surface area contributed by atoms with Crippen LogP contribution in [0.3, 0.4) is 0 Å². The SMILES string of the molecule is CCOC(=O)c1nc(N)sc1C=C(CS)B1OC(C)(C)C(C)(C)O1. The number of anilines is 1. The zero-order valence-electron chi connectivity index (χ0n) is 14.6. The van der Waals surface area contributed by atoms with Gasteiger partial charge in [-0.1, -0.05) is 11.3 Å². The molecule has 0 saturated carbocycles. The maximum atomic E-state index is 12.0. The summed E-state index contributed by atoms with van der Waals surface area (Å²) in [5.41, 5.74) is 5.86. The van der Waals surface area contributed by atoms with Gasteiger partial charge in [-0.3, -0.25) is 0 Å². The van der Waals surface area contributed by atoms with Gasteiger partial charge in [-0.05, 0) is 46.2 Å². The molecule has 2 heterocycles. The molecule has 0 amide bonds. The molecule has 2 N–H and O–H groups in total. The van der Waals surface area contributed by atoms with Gasteiger partial charge in [-0.2, -0.15) is 12.6 Å². The van der Waals surface area contributed by atoms with Crippen molar-refractivity contribution < 1.29 is 18.8 Å². The van der Waals surface area contributed by atoms with Gasteiger partial charge in [-0.15, -0.1) is 0 Å². The van der Waals surface area contributed by atoms with Crippen LogP contribution in [0.2, 0.25) is 0 Å². The first-order chi connectivity index (χ1) is 11.1. The van der Waals surface area contributed by atoms with Crippen LogP contribution < -0.4 is 5.73 Å². The Balaban J connectivity index is 2.34. The van der Waals surface area contributed by atoms with E-state index in [2.05, 4.69) is 17.6 Å². The molecule has 1 saturated heterocycles. The van der Waals surface area contributed by atoms with Gasteiger partial charge in [0.2, 0.25) is 0 Å². The van der Waals surface area contributed by atoms with Gasteiger partial charge in [0, 0.05) is 5.75 Å². The molecule has 1 aromatic rings. The summed E-state index contributed by atoms with van der Waals surface area (Å²) in [6.07, 6.45) is 1.80. The Labute approximate surface area is 152 Å². The average molecular weight is 370 g/mol. The van der Waals surface area contributed by atoms with Crippen molar-refractivity contribution in [3.8, 4) is 0 Å². The number of thiol groups is 1. The molecule has 0 atom stereocenters. The zero-order chi connectivity index (χ0) is 18.1. The Kier molecular flexibility index (Phi) is 5.69. The van der Waals surface area contributed by atoms with Gasteiger partial charge in [0.1, 0.15) is 0 Å². The lowest BCUT2D eigenvalue weighted by atomic mass is 9.79. The predicted octanol–water partition coefficient (Wildman–Crippen LogP) is 2.85.